The first-order valence-electron chi connectivity index (χ1n) is 5.39. The number of hydrogen-bond donors (Lipinski definition) is 0. The molecule has 0 N–H and O–H groups in total. The first-order valence-corrected chi connectivity index (χ1v) is 8.67. The minimum absolute atomic E-state index is 0.497. The lowest BCUT2D eigenvalue weighted by Gasteiger charge is -2.51. The zero-order chi connectivity index (χ0) is 10.3. The molecule has 76 valence electrons. The van der Waals surface area contributed by atoms with Crippen LogP contribution in [0.1, 0.15) is 27.2 Å². The second kappa shape index (κ2) is 3.27. The average Bonchev–Trinajstić information content (AvgIpc) is 1.95. The predicted molar refractivity (Wildman–Crippen MR) is 63.8 cm³/mol. The van der Waals surface area contributed by atoms with Gasteiger partial charge < -0.3 is 0 Å². The summed E-state index contributed by atoms with van der Waals surface area (Å²) in [6.07, 6.45) is 3.58. The first kappa shape index (κ1) is 11.0. The van der Waals surface area contributed by atoms with E-state index in [0.29, 0.717) is 5.41 Å². The minimum Gasteiger partial charge on any atom is -0.103 e. The Balaban J connectivity index is 2.60. The number of hydrogen-bond acceptors (Lipinski definition) is 0. The summed E-state index contributed by atoms with van der Waals surface area (Å²) < 4.78 is 0. The van der Waals surface area contributed by atoms with Gasteiger partial charge in [0, 0.05) is 0 Å². The predicted octanol–water partition coefficient (Wildman–Crippen LogP) is 4.32. The van der Waals surface area contributed by atoms with Gasteiger partial charge in [-0.15, -0.1) is 6.58 Å². The Labute approximate surface area is 84.4 Å². The summed E-state index contributed by atoms with van der Waals surface area (Å²) in [7, 11) is -0.845. The molecule has 0 saturated carbocycles. The summed E-state index contributed by atoms with van der Waals surface area (Å²) in [5.41, 5.74) is 1.49. The molecule has 1 aliphatic rings. The van der Waals surface area contributed by atoms with Gasteiger partial charge >= 0.3 is 0 Å². The molecule has 0 aromatic rings. The van der Waals surface area contributed by atoms with Crippen molar-refractivity contribution in [2.45, 2.75) is 51.9 Å². The van der Waals surface area contributed by atoms with E-state index in [4.69, 9.17) is 0 Å². The van der Waals surface area contributed by atoms with Crippen molar-refractivity contribution in [3.05, 3.63) is 12.7 Å². The highest BCUT2D eigenvalue weighted by Crippen LogP contribution is 2.53. The molecule has 0 spiro atoms. The van der Waals surface area contributed by atoms with Crippen molar-refractivity contribution in [1.82, 2.24) is 0 Å². The fraction of sp³-hybridized carbons (Fsp3) is 0.833. The van der Waals surface area contributed by atoms with Crippen LogP contribution >= 0.6 is 0 Å². The van der Waals surface area contributed by atoms with Crippen molar-refractivity contribution in [3.63, 3.8) is 0 Å². The lowest BCUT2D eigenvalue weighted by Crippen LogP contribution is -2.49. The van der Waals surface area contributed by atoms with Crippen LogP contribution in [0.4, 0.5) is 0 Å². The number of allylic oxidation sites excluding steroid dienone is 1. The van der Waals surface area contributed by atoms with Crippen LogP contribution in [-0.2, 0) is 0 Å². The van der Waals surface area contributed by atoms with Crippen LogP contribution in [-0.4, -0.2) is 8.07 Å². The second-order valence-electron chi connectivity index (χ2n) is 6.46. The van der Waals surface area contributed by atoms with Crippen molar-refractivity contribution in [2.24, 2.45) is 11.3 Å². The zero-order valence-corrected chi connectivity index (χ0v) is 10.9. The third-order valence-corrected chi connectivity index (χ3v) is 7.58. The molecule has 0 aliphatic carbocycles. The zero-order valence-electron chi connectivity index (χ0n) is 9.85. The van der Waals surface area contributed by atoms with Gasteiger partial charge in [-0.2, -0.15) is 0 Å². The molecular formula is C12H24Si. The normalized spacial score (nSPS) is 32.4. The summed E-state index contributed by atoms with van der Waals surface area (Å²) in [5, 5.41) is 0. The van der Waals surface area contributed by atoms with E-state index in [0.717, 1.165) is 11.5 Å². The molecule has 1 aliphatic heterocycles. The van der Waals surface area contributed by atoms with E-state index in [1.807, 2.05) is 0 Å². The van der Waals surface area contributed by atoms with Gasteiger partial charge in [0.25, 0.3) is 0 Å². The standard InChI is InChI=1S/C12H24Si/c1-7-10-9-13(5,6)11(10)8-12(2,3)4/h7,10-11H,1,8-9H2,2-6H3. The molecule has 2 atom stereocenters. The largest absolute Gasteiger partial charge is 0.103 e. The Morgan fingerprint density at radius 3 is 2.23 bits per heavy atom. The van der Waals surface area contributed by atoms with E-state index in [9.17, 15) is 0 Å². The van der Waals surface area contributed by atoms with Crippen LogP contribution in [0.5, 0.6) is 0 Å². The maximum atomic E-state index is 3.95. The molecule has 0 amide bonds. The van der Waals surface area contributed by atoms with E-state index >= 15 is 0 Å². The number of rotatable bonds is 2. The Morgan fingerprint density at radius 2 is 1.92 bits per heavy atom. The molecule has 13 heavy (non-hydrogen) atoms. The second-order valence-corrected chi connectivity index (χ2v) is 11.6. The van der Waals surface area contributed by atoms with Gasteiger partial charge in [0.2, 0.25) is 0 Å². The lowest BCUT2D eigenvalue weighted by molar-refractivity contribution is 0.322. The summed E-state index contributed by atoms with van der Waals surface area (Å²) >= 11 is 0. The quantitative estimate of drug-likeness (QED) is 0.456. The highest BCUT2D eigenvalue weighted by Gasteiger charge is 2.48. The van der Waals surface area contributed by atoms with Crippen LogP contribution in [0.25, 0.3) is 0 Å². The average molecular weight is 196 g/mol. The molecule has 0 bridgehead atoms. The van der Waals surface area contributed by atoms with Gasteiger partial charge in [0.1, 0.15) is 0 Å². The molecule has 1 heterocycles. The fourth-order valence-electron chi connectivity index (χ4n) is 2.66. The summed E-state index contributed by atoms with van der Waals surface area (Å²) in [5.74, 6) is 0.834. The lowest BCUT2D eigenvalue weighted by atomic mass is 9.86. The van der Waals surface area contributed by atoms with Crippen LogP contribution in [0.3, 0.4) is 0 Å². The van der Waals surface area contributed by atoms with Crippen molar-refractivity contribution in [2.75, 3.05) is 0 Å². The Kier molecular flexibility index (Phi) is 2.77. The van der Waals surface area contributed by atoms with Gasteiger partial charge in [0.15, 0.2) is 0 Å². The molecule has 1 heteroatoms. The topological polar surface area (TPSA) is 0 Å². The molecule has 2 unspecified atom stereocenters. The van der Waals surface area contributed by atoms with Crippen molar-refractivity contribution >= 4 is 8.07 Å². The van der Waals surface area contributed by atoms with E-state index in [-0.39, 0.29) is 0 Å². The van der Waals surface area contributed by atoms with Crippen molar-refractivity contribution in [3.8, 4) is 0 Å². The van der Waals surface area contributed by atoms with Gasteiger partial charge in [-0.05, 0) is 23.3 Å². The van der Waals surface area contributed by atoms with E-state index in [2.05, 4.69) is 46.5 Å². The van der Waals surface area contributed by atoms with E-state index < -0.39 is 8.07 Å². The highest BCUT2D eigenvalue weighted by atomic mass is 28.3. The third-order valence-electron chi connectivity index (χ3n) is 3.42. The van der Waals surface area contributed by atoms with Gasteiger partial charge in [-0.25, -0.2) is 0 Å². The molecule has 1 saturated heterocycles. The molecule has 0 nitrogen and oxygen atoms in total. The third kappa shape index (κ3) is 2.46. The molecule has 0 aromatic carbocycles. The van der Waals surface area contributed by atoms with Gasteiger partial charge in [-0.1, -0.05) is 46.0 Å². The summed E-state index contributed by atoms with van der Waals surface area (Å²) in [6, 6.07) is 1.47. The summed E-state index contributed by atoms with van der Waals surface area (Å²) in [6.45, 7) is 16.1. The minimum atomic E-state index is -0.845. The maximum absolute atomic E-state index is 3.95. The van der Waals surface area contributed by atoms with Crippen molar-refractivity contribution < 1.29 is 0 Å². The fourth-order valence-corrected chi connectivity index (χ4v) is 6.76. The monoisotopic (exact) mass is 196 g/mol. The smallest absolute Gasteiger partial charge is 0.0516 e. The van der Waals surface area contributed by atoms with E-state index in [1.54, 1.807) is 0 Å². The highest BCUT2D eigenvalue weighted by molar-refractivity contribution is 6.81. The van der Waals surface area contributed by atoms with E-state index in [1.165, 1.54) is 12.5 Å². The summed E-state index contributed by atoms with van der Waals surface area (Å²) in [4.78, 5) is 0. The van der Waals surface area contributed by atoms with Crippen LogP contribution in [0.2, 0.25) is 24.7 Å². The van der Waals surface area contributed by atoms with Gasteiger partial charge in [0.05, 0.1) is 8.07 Å². The van der Waals surface area contributed by atoms with Crippen LogP contribution in [0, 0.1) is 11.3 Å². The Hall–Kier alpha value is -0.0431. The molecule has 0 radical (unpaired) electrons. The Morgan fingerprint density at radius 1 is 1.38 bits per heavy atom. The Bertz CT molecular complexity index is 198. The molecule has 0 aromatic heterocycles. The van der Waals surface area contributed by atoms with Crippen molar-refractivity contribution in [1.29, 1.82) is 0 Å². The van der Waals surface area contributed by atoms with Crippen LogP contribution < -0.4 is 0 Å². The van der Waals surface area contributed by atoms with Gasteiger partial charge in [-0.3, -0.25) is 0 Å². The molecular weight excluding hydrogens is 172 g/mol. The first-order chi connectivity index (χ1) is 5.76. The van der Waals surface area contributed by atoms with Crippen LogP contribution in [0.15, 0.2) is 12.7 Å². The maximum Gasteiger partial charge on any atom is 0.0516 e. The molecule has 1 fully saturated rings. The SMILES string of the molecule is C=CC1C[Si](C)(C)C1CC(C)(C)C. The molecule has 1 rings (SSSR count).